The zero-order valence-electron chi connectivity index (χ0n) is 29.4. The van der Waals surface area contributed by atoms with Gasteiger partial charge >= 0.3 is 0 Å². The number of aromatic nitrogens is 1. The second kappa shape index (κ2) is 10.2. The largest absolute Gasteiger partial charge is 0.313 e. The highest BCUT2D eigenvalue weighted by atomic mass is 15.5. The Balaban J connectivity index is 0.930. The molecule has 1 saturated heterocycles. The number of hydrogen-bond donors (Lipinski definition) is 1. The van der Waals surface area contributed by atoms with Crippen molar-refractivity contribution in [1.29, 1.82) is 0 Å². The van der Waals surface area contributed by atoms with Crippen LogP contribution in [0.5, 0.6) is 0 Å². The number of para-hydroxylation sites is 3. The maximum absolute atomic E-state index is 2.75. The first-order chi connectivity index (χ1) is 26.2. The lowest BCUT2D eigenvalue weighted by molar-refractivity contribution is -0.731. The molecule has 7 aliphatic rings. The first-order valence-electron chi connectivity index (χ1n) is 19.5. The molecule has 2 saturated carbocycles. The molecule has 1 spiro atoms. The zero-order valence-corrected chi connectivity index (χ0v) is 29.4. The first kappa shape index (κ1) is 28.7. The topological polar surface area (TPSA) is 28.0 Å². The SMILES string of the molecule is C1=CC2C3N(c4ccc5c(c4)C=CC4CC54)C(n4c5ccccc5c5cc(C6=CC=C7C(C6)c6ccccc6N7c6ccccc6)ccc54)[NH2+]C23C=C1. The number of anilines is 3. The van der Waals surface area contributed by atoms with Gasteiger partial charge in [-0.05, 0) is 113 Å². The molecule has 2 N–H and O–H groups in total. The minimum absolute atomic E-state index is 0.0759. The highest BCUT2D eigenvalue weighted by molar-refractivity contribution is 6.09. The number of quaternary nitrogens is 1. The molecule has 53 heavy (non-hydrogen) atoms. The smallest absolute Gasteiger partial charge is 0.248 e. The summed E-state index contributed by atoms with van der Waals surface area (Å²) in [5.74, 6) is 2.34. The van der Waals surface area contributed by atoms with Gasteiger partial charge < -0.3 is 4.90 Å². The predicted octanol–water partition coefficient (Wildman–Crippen LogP) is 9.93. The third kappa shape index (κ3) is 3.84. The Labute approximate surface area is 309 Å². The molecule has 2 aliphatic heterocycles. The molecule has 5 aromatic carbocycles. The van der Waals surface area contributed by atoms with Crippen molar-refractivity contribution in [2.45, 2.75) is 42.5 Å². The van der Waals surface area contributed by atoms with Gasteiger partial charge in [0.1, 0.15) is 11.6 Å². The second-order valence-corrected chi connectivity index (χ2v) is 16.3. The summed E-state index contributed by atoms with van der Waals surface area (Å²) < 4.78 is 2.64. The molecule has 3 heterocycles. The van der Waals surface area contributed by atoms with Crippen LogP contribution in [0.15, 0.2) is 163 Å². The molecule has 3 fully saturated rings. The number of allylic oxidation sites excluding steroid dienone is 7. The molecule has 0 amide bonds. The van der Waals surface area contributed by atoms with E-state index in [0.29, 0.717) is 17.9 Å². The molecule has 4 heteroatoms. The summed E-state index contributed by atoms with van der Waals surface area (Å²) in [5.41, 5.74) is 15.0. The van der Waals surface area contributed by atoms with Crippen molar-refractivity contribution >= 4 is 50.5 Å². The Morgan fingerprint density at radius 2 is 1.57 bits per heavy atom. The molecule has 13 rings (SSSR count). The molecular weight excluding hydrogens is 645 g/mol. The number of hydrogen-bond acceptors (Lipinski definition) is 2. The Hall–Kier alpha value is -5.84. The van der Waals surface area contributed by atoms with E-state index in [1.807, 2.05) is 0 Å². The summed E-state index contributed by atoms with van der Waals surface area (Å²) in [4.78, 5) is 5.21. The van der Waals surface area contributed by atoms with Crippen LogP contribution in [0.2, 0.25) is 0 Å². The second-order valence-electron chi connectivity index (χ2n) is 16.3. The fourth-order valence-corrected chi connectivity index (χ4v) is 11.1. The van der Waals surface area contributed by atoms with Crippen LogP contribution < -0.4 is 15.1 Å². The van der Waals surface area contributed by atoms with Crippen molar-refractivity contribution in [1.82, 2.24) is 4.57 Å². The van der Waals surface area contributed by atoms with Crippen LogP contribution in [0.4, 0.5) is 17.1 Å². The third-order valence-electron chi connectivity index (χ3n) is 13.7. The molecule has 7 atom stereocenters. The fourth-order valence-electron chi connectivity index (χ4n) is 11.1. The van der Waals surface area contributed by atoms with Gasteiger partial charge in [0.15, 0.2) is 0 Å². The highest BCUT2D eigenvalue weighted by Crippen LogP contribution is 2.58. The quantitative estimate of drug-likeness (QED) is 0.200. The third-order valence-corrected chi connectivity index (χ3v) is 13.7. The van der Waals surface area contributed by atoms with Crippen LogP contribution in [0.1, 0.15) is 53.2 Å². The molecule has 0 radical (unpaired) electrons. The van der Waals surface area contributed by atoms with Crippen LogP contribution >= 0.6 is 0 Å². The Morgan fingerprint density at radius 3 is 2.53 bits per heavy atom. The Morgan fingerprint density at radius 1 is 0.698 bits per heavy atom. The van der Waals surface area contributed by atoms with Crippen molar-refractivity contribution in [2.75, 3.05) is 9.80 Å². The van der Waals surface area contributed by atoms with E-state index in [1.54, 1.807) is 5.56 Å². The lowest BCUT2D eigenvalue weighted by Gasteiger charge is -2.30. The zero-order chi connectivity index (χ0) is 34.4. The molecule has 6 aromatic rings. The summed E-state index contributed by atoms with van der Waals surface area (Å²) >= 11 is 0. The van der Waals surface area contributed by atoms with Gasteiger partial charge in [-0.1, -0.05) is 103 Å². The van der Waals surface area contributed by atoms with Crippen molar-refractivity contribution in [2.24, 2.45) is 11.8 Å². The predicted molar refractivity (Wildman–Crippen MR) is 216 cm³/mol. The van der Waals surface area contributed by atoms with E-state index < -0.39 is 0 Å². The number of nitrogens with zero attached hydrogens (tertiary/aromatic N) is 3. The van der Waals surface area contributed by atoms with Gasteiger partial charge in [0, 0.05) is 39.4 Å². The molecule has 254 valence electrons. The van der Waals surface area contributed by atoms with E-state index in [2.05, 4.69) is 184 Å². The van der Waals surface area contributed by atoms with Crippen molar-refractivity contribution in [3.63, 3.8) is 0 Å². The number of fused-ring (bicyclic) bond motifs is 10. The van der Waals surface area contributed by atoms with E-state index in [0.717, 1.165) is 18.3 Å². The number of benzene rings is 5. The monoisotopic (exact) mass is 683 g/mol. The van der Waals surface area contributed by atoms with Crippen LogP contribution in [-0.4, -0.2) is 16.1 Å². The van der Waals surface area contributed by atoms with Crippen molar-refractivity contribution < 1.29 is 5.32 Å². The number of nitrogens with two attached hydrogens (primary N) is 1. The van der Waals surface area contributed by atoms with E-state index >= 15 is 0 Å². The van der Waals surface area contributed by atoms with Gasteiger partial charge in [0.25, 0.3) is 0 Å². The molecule has 4 nitrogen and oxygen atoms in total. The standard InChI is InChI=1S/C49H38N4/c1-2-10-34(11-3-1)51-43-15-6-4-12-37(43)40-27-30(19-23-45(40)51)31-20-24-46-41(28-31)38-13-5-7-16-44(38)53(46)48-50-49-25-9-8-14-42(49)47(49)52(48)35-21-22-36-32(26-35)17-18-33-29-39(33)36/h1-26,28,33,39-40,42,47-48,50H,27,29H2/p+1. The lowest BCUT2D eigenvalue weighted by atomic mass is 9.84. The Bertz CT molecular complexity index is 2730. The maximum atomic E-state index is 2.75. The summed E-state index contributed by atoms with van der Waals surface area (Å²) in [6, 6.07) is 43.9. The van der Waals surface area contributed by atoms with Crippen LogP contribution in [0.3, 0.4) is 0 Å². The highest BCUT2D eigenvalue weighted by Gasteiger charge is 2.76. The lowest BCUT2D eigenvalue weighted by Crippen LogP contribution is -2.93. The van der Waals surface area contributed by atoms with E-state index in [1.165, 1.54) is 73.2 Å². The normalized spacial score (nSPS) is 29.3. The summed E-state index contributed by atoms with van der Waals surface area (Å²) in [7, 11) is 0. The molecule has 5 aliphatic carbocycles. The molecular formula is C49H39N4+. The van der Waals surface area contributed by atoms with Gasteiger partial charge in [-0.2, -0.15) is 0 Å². The van der Waals surface area contributed by atoms with E-state index in [9.17, 15) is 0 Å². The molecule has 1 aromatic heterocycles. The molecule has 0 bridgehead atoms. The van der Waals surface area contributed by atoms with Gasteiger partial charge in [-0.3, -0.25) is 14.8 Å². The summed E-state index contributed by atoms with van der Waals surface area (Å²) in [5, 5.41) is 5.33. The minimum Gasteiger partial charge on any atom is -0.313 e. The minimum atomic E-state index is 0.0759. The van der Waals surface area contributed by atoms with Crippen LogP contribution in [0, 0.1) is 11.8 Å². The number of rotatable bonds is 4. The first-order valence-corrected chi connectivity index (χ1v) is 19.5. The average molecular weight is 684 g/mol. The van der Waals surface area contributed by atoms with Crippen molar-refractivity contribution in [3.05, 3.63) is 186 Å². The summed E-state index contributed by atoms with van der Waals surface area (Å²) in [6.07, 6.45) is 21.4. The van der Waals surface area contributed by atoms with Gasteiger partial charge in [-0.15, -0.1) is 0 Å². The van der Waals surface area contributed by atoms with Crippen LogP contribution in [0.25, 0.3) is 33.5 Å². The maximum Gasteiger partial charge on any atom is 0.248 e. The molecule has 7 unspecified atom stereocenters. The average Bonchev–Trinajstić information content (AvgIpc) is 4.03. The van der Waals surface area contributed by atoms with Gasteiger partial charge in [-0.25, -0.2) is 0 Å². The fraction of sp³-hybridized carbons (Fsp3) is 0.184. The van der Waals surface area contributed by atoms with Gasteiger partial charge in [0.05, 0.1) is 17.0 Å². The van der Waals surface area contributed by atoms with Crippen molar-refractivity contribution in [3.8, 4) is 0 Å². The van der Waals surface area contributed by atoms with Gasteiger partial charge in [0.2, 0.25) is 6.29 Å². The van der Waals surface area contributed by atoms with E-state index in [-0.39, 0.29) is 11.8 Å². The Kier molecular flexibility index (Phi) is 5.52. The summed E-state index contributed by atoms with van der Waals surface area (Å²) in [6.45, 7) is 0. The van der Waals surface area contributed by atoms with Crippen LogP contribution in [-0.2, 0) is 0 Å². The van der Waals surface area contributed by atoms with E-state index in [4.69, 9.17) is 0 Å².